The molecule has 0 radical (unpaired) electrons. The Morgan fingerprint density at radius 3 is 2.20 bits per heavy atom. The van der Waals surface area contributed by atoms with Gasteiger partial charge in [-0.1, -0.05) is 19.9 Å². The molecule has 6 heteroatoms. The summed E-state index contributed by atoms with van der Waals surface area (Å²) in [5.41, 5.74) is 0. The summed E-state index contributed by atoms with van der Waals surface area (Å²) >= 11 is 0. The fourth-order valence-corrected chi connectivity index (χ4v) is 1.63. The van der Waals surface area contributed by atoms with Crippen molar-refractivity contribution in [1.82, 2.24) is 10.6 Å². The quantitative estimate of drug-likeness (QED) is 0.534. The van der Waals surface area contributed by atoms with Crippen LogP contribution in [0.3, 0.4) is 0 Å². The normalized spacial score (nSPS) is 13.9. The van der Waals surface area contributed by atoms with Crippen LogP contribution in [0, 0.1) is 5.92 Å². The van der Waals surface area contributed by atoms with Crippen LogP contribution in [-0.4, -0.2) is 37.0 Å². The third-order valence-electron chi connectivity index (χ3n) is 2.53. The molecule has 2 N–H and O–H groups in total. The van der Waals surface area contributed by atoms with Gasteiger partial charge in [-0.3, -0.25) is 9.59 Å². The summed E-state index contributed by atoms with van der Waals surface area (Å²) in [5.74, 6) is -0.680. The predicted octanol–water partition coefficient (Wildman–Crippen LogP) is 0.771. The number of carbonyl (C=O) groups is 3. The highest BCUT2D eigenvalue weighted by molar-refractivity contribution is 5.87. The van der Waals surface area contributed by atoms with E-state index < -0.39 is 12.0 Å². The molecule has 0 saturated heterocycles. The molecule has 0 saturated carbocycles. The largest absolute Gasteiger partial charge is 0.466 e. The summed E-state index contributed by atoms with van der Waals surface area (Å²) < 4.78 is 4.52. The molecule has 0 aliphatic rings. The van der Waals surface area contributed by atoms with Gasteiger partial charge in [-0.2, -0.15) is 0 Å². The molecule has 0 aliphatic heterocycles. The van der Waals surface area contributed by atoms with E-state index in [4.69, 9.17) is 0 Å². The van der Waals surface area contributed by atoms with Gasteiger partial charge in [0, 0.05) is 19.0 Å². The van der Waals surface area contributed by atoms with Gasteiger partial charge in [0.2, 0.25) is 11.8 Å². The van der Waals surface area contributed by atoms with Gasteiger partial charge in [-0.05, 0) is 19.3 Å². The second-order valence-electron chi connectivity index (χ2n) is 5.05. The Balaban J connectivity index is 4.63. The maximum atomic E-state index is 11.9. The summed E-state index contributed by atoms with van der Waals surface area (Å²) in [5, 5.41) is 5.30. The number of nitrogens with one attached hydrogen (secondary N) is 2. The van der Waals surface area contributed by atoms with E-state index in [9.17, 15) is 14.4 Å². The molecule has 2 atom stereocenters. The minimum atomic E-state index is -0.617. The first-order valence-corrected chi connectivity index (χ1v) is 6.59. The molecule has 20 heavy (non-hydrogen) atoms. The van der Waals surface area contributed by atoms with E-state index in [1.165, 1.54) is 20.1 Å². The van der Waals surface area contributed by atoms with E-state index in [0.29, 0.717) is 12.3 Å². The average Bonchev–Trinajstić information content (AvgIpc) is 2.33. The molecule has 6 nitrogen and oxygen atoms in total. The van der Waals surface area contributed by atoms with E-state index in [1.807, 2.05) is 13.8 Å². The van der Waals surface area contributed by atoms with Crippen LogP contribution in [0.25, 0.3) is 0 Å². The molecule has 114 valence electrons. The fourth-order valence-electron chi connectivity index (χ4n) is 1.63. The Morgan fingerprint density at radius 2 is 1.75 bits per heavy atom. The van der Waals surface area contributed by atoms with E-state index in [-0.39, 0.29) is 17.9 Å². The van der Waals surface area contributed by atoms with E-state index in [2.05, 4.69) is 15.4 Å². The van der Waals surface area contributed by atoms with Gasteiger partial charge < -0.3 is 15.4 Å². The Labute approximate surface area is 119 Å². The Hall–Kier alpha value is -1.85. The van der Waals surface area contributed by atoms with Gasteiger partial charge in [0.25, 0.3) is 0 Å². The Morgan fingerprint density at radius 1 is 1.15 bits per heavy atom. The summed E-state index contributed by atoms with van der Waals surface area (Å²) in [4.78, 5) is 33.9. The van der Waals surface area contributed by atoms with Crippen molar-refractivity contribution < 1.29 is 19.1 Å². The van der Waals surface area contributed by atoms with Crippen LogP contribution in [0.1, 0.15) is 34.1 Å². The van der Waals surface area contributed by atoms with Crippen molar-refractivity contribution in [3.8, 4) is 0 Å². The van der Waals surface area contributed by atoms with Crippen LogP contribution < -0.4 is 10.6 Å². The summed E-state index contributed by atoms with van der Waals surface area (Å²) in [6.07, 6.45) is 3.58. The predicted molar refractivity (Wildman–Crippen MR) is 75.8 cm³/mol. The third kappa shape index (κ3) is 8.29. The standard InChI is InChI=1S/C14H24N2O4/c1-9(2)8-12(6-7-13(18)20-5)16-14(19)10(3)15-11(4)17/h6-7,9-10,12H,8H2,1-5H3,(H,15,17)(H,16,19). The molecule has 0 heterocycles. The Kier molecular flexibility index (Phi) is 8.27. The summed E-state index contributed by atoms with van der Waals surface area (Å²) in [7, 11) is 1.29. The van der Waals surface area contributed by atoms with Gasteiger partial charge in [0.05, 0.1) is 7.11 Å². The van der Waals surface area contributed by atoms with Crippen molar-refractivity contribution in [2.45, 2.75) is 46.2 Å². The fraction of sp³-hybridized carbons (Fsp3) is 0.643. The second kappa shape index (κ2) is 9.12. The molecule has 0 aromatic rings. The smallest absolute Gasteiger partial charge is 0.330 e. The van der Waals surface area contributed by atoms with Crippen molar-refractivity contribution in [1.29, 1.82) is 0 Å². The lowest BCUT2D eigenvalue weighted by molar-refractivity contribution is -0.135. The van der Waals surface area contributed by atoms with Crippen LogP contribution in [0.4, 0.5) is 0 Å². The number of esters is 1. The highest BCUT2D eigenvalue weighted by Crippen LogP contribution is 2.06. The van der Waals surface area contributed by atoms with Crippen molar-refractivity contribution in [2.75, 3.05) is 7.11 Å². The Bertz CT molecular complexity index is 377. The molecule has 0 aromatic carbocycles. The molecule has 0 fully saturated rings. The molecule has 0 aromatic heterocycles. The SMILES string of the molecule is COC(=O)C=CC(CC(C)C)NC(=O)C(C)NC(C)=O. The molecular formula is C14H24N2O4. The molecule has 2 amide bonds. The van der Waals surface area contributed by atoms with Crippen molar-refractivity contribution >= 4 is 17.8 Å². The topological polar surface area (TPSA) is 84.5 Å². The summed E-state index contributed by atoms with van der Waals surface area (Å²) in [6, 6.07) is -0.897. The molecule has 0 spiro atoms. The first kappa shape index (κ1) is 18.1. The van der Waals surface area contributed by atoms with Crippen molar-refractivity contribution in [2.24, 2.45) is 5.92 Å². The van der Waals surface area contributed by atoms with E-state index >= 15 is 0 Å². The van der Waals surface area contributed by atoms with Crippen LogP contribution >= 0.6 is 0 Å². The van der Waals surface area contributed by atoms with Crippen LogP contribution in [-0.2, 0) is 19.1 Å². The maximum Gasteiger partial charge on any atom is 0.330 e. The van der Waals surface area contributed by atoms with Gasteiger partial charge in [0.1, 0.15) is 6.04 Å². The number of rotatable bonds is 7. The first-order chi connectivity index (χ1) is 9.26. The van der Waals surface area contributed by atoms with Gasteiger partial charge >= 0.3 is 5.97 Å². The number of amides is 2. The lowest BCUT2D eigenvalue weighted by Crippen LogP contribution is -2.47. The summed E-state index contributed by atoms with van der Waals surface area (Å²) in [6.45, 7) is 6.99. The molecule has 0 bridgehead atoms. The lowest BCUT2D eigenvalue weighted by atomic mass is 10.0. The van der Waals surface area contributed by atoms with E-state index in [0.717, 1.165) is 0 Å². The van der Waals surface area contributed by atoms with Crippen LogP contribution in [0.5, 0.6) is 0 Å². The van der Waals surface area contributed by atoms with Crippen LogP contribution in [0.2, 0.25) is 0 Å². The van der Waals surface area contributed by atoms with Gasteiger partial charge in [-0.25, -0.2) is 4.79 Å². The molecule has 0 rings (SSSR count). The molecule has 2 unspecified atom stereocenters. The number of ether oxygens (including phenoxy) is 1. The second-order valence-corrected chi connectivity index (χ2v) is 5.05. The minimum Gasteiger partial charge on any atom is -0.466 e. The van der Waals surface area contributed by atoms with Gasteiger partial charge in [0.15, 0.2) is 0 Å². The highest BCUT2D eigenvalue weighted by atomic mass is 16.5. The number of hydrogen-bond donors (Lipinski definition) is 2. The van der Waals surface area contributed by atoms with Crippen LogP contribution in [0.15, 0.2) is 12.2 Å². The zero-order valence-electron chi connectivity index (χ0n) is 12.7. The number of methoxy groups -OCH3 is 1. The minimum absolute atomic E-state index is 0.266. The van der Waals surface area contributed by atoms with Crippen molar-refractivity contribution in [3.05, 3.63) is 12.2 Å². The zero-order chi connectivity index (χ0) is 15.7. The average molecular weight is 284 g/mol. The molecule has 0 aliphatic carbocycles. The monoisotopic (exact) mass is 284 g/mol. The van der Waals surface area contributed by atoms with Crippen molar-refractivity contribution in [3.63, 3.8) is 0 Å². The number of hydrogen-bond acceptors (Lipinski definition) is 4. The maximum absolute atomic E-state index is 11.9. The molecular weight excluding hydrogens is 260 g/mol. The van der Waals surface area contributed by atoms with Gasteiger partial charge in [-0.15, -0.1) is 0 Å². The first-order valence-electron chi connectivity index (χ1n) is 6.59. The highest BCUT2D eigenvalue weighted by Gasteiger charge is 2.17. The number of carbonyl (C=O) groups excluding carboxylic acids is 3. The lowest BCUT2D eigenvalue weighted by Gasteiger charge is -2.20. The van der Waals surface area contributed by atoms with E-state index in [1.54, 1.807) is 13.0 Å². The third-order valence-corrected chi connectivity index (χ3v) is 2.53. The zero-order valence-corrected chi connectivity index (χ0v) is 12.7.